The number of hydrogen-bond donors (Lipinski definition) is 2. The predicted molar refractivity (Wildman–Crippen MR) is 100 cm³/mol. The Hall–Kier alpha value is -1.66. The number of likely N-dealkylation sites (N-methyl/N-ethyl adjacent to an activating group) is 1. The van der Waals surface area contributed by atoms with Crippen LogP contribution in [0.2, 0.25) is 0 Å². The lowest BCUT2D eigenvalue weighted by molar-refractivity contribution is -0.126. The predicted octanol–water partition coefficient (Wildman–Crippen LogP) is 2.27. The molecule has 0 bridgehead atoms. The number of benzene rings is 1. The second-order valence-electron chi connectivity index (χ2n) is 7.36. The largest absolute Gasteiger partial charge is 0.369 e. The number of nitrogens with one attached hydrogen (secondary N) is 1. The van der Waals surface area contributed by atoms with Crippen molar-refractivity contribution in [3.05, 3.63) is 29.6 Å². The number of nitrogens with zero attached hydrogens (tertiary/aromatic N) is 2. The van der Waals surface area contributed by atoms with Gasteiger partial charge in [-0.2, -0.15) is 0 Å². The summed E-state index contributed by atoms with van der Waals surface area (Å²) in [6.45, 7) is 9.34. The lowest BCUT2D eigenvalue weighted by atomic mass is 9.95. The third kappa shape index (κ3) is 4.92. The average Bonchev–Trinajstić information content (AvgIpc) is 2.55. The Bertz CT molecular complexity index is 597. The minimum atomic E-state index is -0.912. The zero-order valence-electron chi connectivity index (χ0n) is 15.8. The molecule has 0 aliphatic carbocycles. The summed E-state index contributed by atoms with van der Waals surface area (Å²) in [7, 11) is 2.10. The van der Waals surface area contributed by atoms with Crippen molar-refractivity contribution in [1.29, 1.82) is 0 Å². The first-order valence-corrected chi connectivity index (χ1v) is 9.07. The summed E-state index contributed by atoms with van der Waals surface area (Å²) >= 11 is 0. The molecule has 1 aromatic rings. The van der Waals surface area contributed by atoms with Crippen molar-refractivity contribution in [2.24, 2.45) is 5.73 Å². The van der Waals surface area contributed by atoms with Gasteiger partial charge in [0.2, 0.25) is 5.91 Å². The summed E-state index contributed by atoms with van der Waals surface area (Å²) in [4.78, 5) is 17.0. The van der Waals surface area contributed by atoms with E-state index in [9.17, 15) is 9.18 Å². The van der Waals surface area contributed by atoms with Crippen LogP contribution in [0.5, 0.6) is 0 Å². The second-order valence-corrected chi connectivity index (χ2v) is 7.36. The molecule has 6 heteroatoms. The van der Waals surface area contributed by atoms with Gasteiger partial charge < -0.3 is 20.9 Å². The summed E-state index contributed by atoms with van der Waals surface area (Å²) in [6, 6.07) is 4.51. The molecule has 3 N–H and O–H groups in total. The van der Waals surface area contributed by atoms with Crippen LogP contribution in [-0.4, -0.2) is 49.6 Å². The van der Waals surface area contributed by atoms with Crippen LogP contribution in [-0.2, 0) is 4.79 Å². The van der Waals surface area contributed by atoms with Gasteiger partial charge in [-0.25, -0.2) is 4.39 Å². The molecule has 25 heavy (non-hydrogen) atoms. The molecule has 5 nitrogen and oxygen atoms in total. The van der Waals surface area contributed by atoms with E-state index in [0.29, 0.717) is 6.42 Å². The highest BCUT2D eigenvalue weighted by atomic mass is 19.1. The number of carbonyl (C=O) groups is 1. The molecule has 2 atom stereocenters. The van der Waals surface area contributed by atoms with E-state index >= 15 is 0 Å². The van der Waals surface area contributed by atoms with Crippen molar-refractivity contribution >= 4 is 11.6 Å². The van der Waals surface area contributed by atoms with E-state index in [4.69, 9.17) is 5.73 Å². The molecule has 0 spiro atoms. The standard InChI is InChI=1S/C19H31FN4O/c1-5-8-19(3,21)18(25)22-14(2)16-13-15(20)6-7-17(16)24-11-9-23(4)10-12-24/h6-7,13-14H,5,8-12,21H2,1-4H3,(H,22,25). The van der Waals surface area contributed by atoms with Crippen molar-refractivity contribution in [2.75, 3.05) is 38.1 Å². The number of amides is 1. The molecule has 1 aromatic carbocycles. The van der Waals surface area contributed by atoms with Gasteiger partial charge in [0.1, 0.15) is 5.82 Å². The topological polar surface area (TPSA) is 61.6 Å². The normalized spacial score (nSPS) is 19.4. The molecule has 1 aliphatic rings. The van der Waals surface area contributed by atoms with Crippen LogP contribution in [0, 0.1) is 5.82 Å². The van der Waals surface area contributed by atoms with Crippen LogP contribution in [0.4, 0.5) is 10.1 Å². The molecule has 1 fully saturated rings. The minimum absolute atomic E-state index is 0.199. The Morgan fingerprint density at radius 1 is 1.36 bits per heavy atom. The van der Waals surface area contributed by atoms with E-state index in [1.54, 1.807) is 6.92 Å². The van der Waals surface area contributed by atoms with Gasteiger partial charge in [0.25, 0.3) is 0 Å². The van der Waals surface area contributed by atoms with Crippen molar-refractivity contribution in [3.63, 3.8) is 0 Å². The molecule has 0 aromatic heterocycles. The van der Waals surface area contributed by atoms with Gasteiger partial charge >= 0.3 is 0 Å². The van der Waals surface area contributed by atoms with Gasteiger partial charge in [-0.05, 0) is 45.5 Å². The molecular weight excluding hydrogens is 319 g/mol. The quantitative estimate of drug-likeness (QED) is 0.826. The van der Waals surface area contributed by atoms with Crippen LogP contribution in [0.3, 0.4) is 0 Å². The Kier molecular flexibility index (Phi) is 6.41. The van der Waals surface area contributed by atoms with Crippen LogP contribution in [0.25, 0.3) is 0 Å². The molecule has 1 heterocycles. The Morgan fingerprint density at radius 2 is 2.00 bits per heavy atom. The van der Waals surface area contributed by atoms with Crippen LogP contribution in [0.1, 0.15) is 45.2 Å². The fourth-order valence-electron chi connectivity index (χ4n) is 3.28. The summed E-state index contributed by atoms with van der Waals surface area (Å²) in [5.41, 5.74) is 6.99. The van der Waals surface area contributed by atoms with E-state index in [1.807, 2.05) is 19.9 Å². The molecule has 1 amide bonds. The molecular formula is C19H31FN4O. The van der Waals surface area contributed by atoms with Gasteiger partial charge in [0, 0.05) is 37.4 Å². The number of rotatable bonds is 6. The Balaban J connectivity index is 2.19. The highest BCUT2D eigenvalue weighted by Gasteiger charge is 2.29. The number of carbonyl (C=O) groups excluding carboxylic acids is 1. The maximum absolute atomic E-state index is 13.9. The molecule has 2 rings (SSSR count). The number of hydrogen-bond acceptors (Lipinski definition) is 4. The molecule has 1 aliphatic heterocycles. The first-order valence-electron chi connectivity index (χ1n) is 9.07. The van der Waals surface area contributed by atoms with Crippen molar-refractivity contribution in [2.45, 2.75) is 45.2 Å². The van der Waals surface area contributed by atoms with Crippen LogP contribution < -0.4 is 16.0 Å². The number of piperazine rings is 1. The second kappa shape index (κ2) is 8.15. The summed E-state index contributed by atoms with van der Waals surface area (Å²) in [6.07, 6.45) is 1.45. The van der Waals surface area contributed by atoms with E-state index < -0.39 is 5.54 Å². The summed E-state index contributed by atoms with van der Waals surface area (Å²) in [5.74, 6) is -0.492. The summed E-state index contributed by atoms with van der Waals surface area (Å²) < 4.78 is 13.9. The van der Waals surface area contributed by atoms with Gasteiger partial charge in [-0.1, -0.05) is 13.3 Å². The Labute approximate surface area is 150 Å². The first-order chi connectivity index (χ1) is 11.7. The number of anilines is 1. The Morgan fingerprint density at radius 3 is 2.60 bits per heavy atom. The number of nitrogens with two attached hydrogens (primary N) is 1. The van der Waals surface area contributed by atoms with E-state index in [2.05, 4.69) is 22.2 Å². The lowest BCUT2D eigenvalue weighted by Crippen LogP contribution is -2.52. The third-order valence-corrected chi connectivity index (χ3v) is 4.94. The zero-order chi connectivity index (χ0) is 18.6. The fourth-order valence-corrected chi connectivity index (χ4v) is 3.28. The molecule has 2 unspecified atom stereocenters. The number of halogens is 1. The van der Waals surface area contributed by atoms with Crippen molar-refractivity contribution < 1.29 is 9.18 Å². The van der Waals surface area contributed by atoms with Gasteiger partial charge in [0.15, 0.2) is 0 Å². The third-order valence-electron chi connectivity index (χ3n) is 4.94. The van der Waals surface area contributed by atoms with Crippen LogP contribution >= 0.6 is 0 Å². The average molecular weight is 350 g/mol. The van der Waals surface area contributed by atoms with Crippen molar-refractivity contribution in [1.82, 2.24) is 10.2 Å². The maximum Gasteiger partial charge on any atom is 0.240 e. The molecule has 0 saturated carbocycles. The molecule has 1 saturated heterocycles. The van der Waals surface area contributed by atoms with Gasteiger partial charge in [-0.15, -0.1) is 0 Å². The van der Waals surface area contributed by atoms with E-state index in [1.165, 1.54) is 12.1 Å². The first kappa shape index (κ1) is 19.7. The highest BCUT2D eigenvalue weighted by Crippen LogP contribution is 2.28. The van der Waals surface area contributed by atoms with E-state index in [0.717, 1.165) is 43.9 Å². The van der Waals surface area contributed by atoms with Gasteiger partial charge in [0.05, 0.1) is 11.6 Å². The lowest BCUT2D eigenvalue weighted by Gasteiger charge is -2.36. The maximum atomic E-state index is 13.9. The van der Waals surface area contributed by atoms with E-state index in [-0.39, 0.29) is 17.8 Å². The zero-order valence-corrected chi connectivity index (χ0v) is 15.8. The SMILES string of the molecule is CCCC(C)(N)C(=O)NC(C)c1cc(F)ccc1N1CCN(C)CC1. The highest BCUT2D eigenvalue weighted by molar-refractivity contribution is 5.86. The molecule has 140 valence electrons. The fraction of sp³-hybridized carbons (Fsp3) is 0.632. The van der Waals surface area contributed by atoms with Gasteiger partial charge in [-0.3, -0.25) is 4.79 Å². The monoisotopic (exact) mass is 350 g/mol. The van der Waals surface area contributed by atoms with Crippen LogP contribution in [0.15, 0.2) is 18.2 Å². The minimum Gasteiger partial charge on any atom is -0.369 e. The molecule has 0 radical (unpaired) electrons. The summed E-state index contributed by atoms with van der Waals surface area (Å²) in [5, 5.41) is 2.97. The van der Waals surface area contributed by atoms with Crippen molar-refractivity contribution in [3.8, 4) is 0 Å². The smallest absolute Gasteiger partial charge is 0.240 e.